The lowest BCUT2D eigenvalue weighted by atomic mass is 10.0. The first-order chi connectivity index (χ1) is 14.8. The monoisotopic (exact) mass is 390 g/mol. The topological polar surface area (TPSA) is 70.7 Å². The fraction of sp³-hybridized carbons (Fsp3) is 0. The van der Waals surface area contributed by atoms with Gasteiger partial charge in [0.25, 0.3) is 5.91 Å². The first kappa shape index (κ1) is 17.8. The summed E-state index contributed by atoms with van der Waals surface area (Å²) in [6, 6.07) is 27.5. The fourth-order valence-electron chi connectivity index (χ4n) is 3.41. The summed E-state index contributed by atoms with van der Waals surface area (Å²) < 4.78 is 0. The highest BCUT2D eigenvalue weighted by atomic mass is 16.1. The molecule has 144 valence electrons. The van der Waals surface area contributed by atoms with Crippen molar-refractivity contribution in [2.45, 2.75) is 0 Å². The zero-order valence-electron chi connectivity index (χ0n) is 16.0. The van der Waals surface area contributed by atoms with Gasteiger partial charge >= 0.3 is 0 Å². The molecule has 0 radical (unpaired) electrons. The van der Waals surface area contributed by atoms with Gasteiger partial charge in [0.15, 0.2) is 0 Å². The minimum Gasteiger partial charge on any atom is -0.338 e. The Balaban J connectivity index is 1.44. The van der Waals surface area contributed by atoms with Crippen LogP contribution in [0.1, 0.15) is 10.4 Å². The Morgan fingerprint density at radius 2 is 1.60 bits per heavy atom. The number of aromatic nitrogens is 3. The maximum Gasteiger partial charge on any atom is 0.257 e. The Hall–Kier alpha value is -4.25. The number of nitrogens with one attached hydrogen (secondary N) is 2. The molecule has 0 fully saturated rings. The van der Waals surface area contributed by atoms with Gasteiger partial charge in [0.05, 0.1) is 16.6 Å². The van der Waals surface area contributed by atoms with E-state index in [0.29, 0.717) is 5.56 Å². The quantitative estimate of drug-likeness (QED) is 0.423. The molecule has 30 heavy (non-hydrogen) atoms. The molecule has 3 aromatic carbocycles. The summed E-state index contributed by atoms with van der Waals surface area (Å²) in [4.78, 5) is 24.5. The molecule has 1 amide bonds. The summed E-state index contributed by atoms with van der Waals surface area (Å²) in [6.07, 6.45) is 3.20. The summed E-state index contributed by atoms with van der Waals surface area (Å²) in [5.74, 6) is 0.648. The van der Waals surface area contributed by atoms with Gasteiger partial charge in [-0.25, -0.2) is 4.98 Å². The van der Waals surface area contributed by atoms with Crippen LogP contribution in [0.15, 0.2) is 97.3 Å². The van der Waals surface area contributed by atoms with Crippen LogP contribution in [0.2, 0.25) is 0 Å². The average molecular weight is 390 g/mol. The predicted molar refractivity (Wildman–Crippen MR) is 119 cm³/mol. The van der Waals surface area contributed by atoms with Crippen molar-refractivity contribution in [2.75, 3.05) is 5.32 Å². The Morgan fingerprint density at radius 1 is 0.800 bits per heavy atom. The van der Waals surface area contributed by atoms with Crippen LogP contribution in [0.3, 0.4) is 0 Å². The second-order valence-electron chi connectivity index (χ2n) is 6.96. The summed E-state index contributed by atoms with van der Waals surface area (Å²) in [7, 11) is 0. The number of rotatable bonds is 4. The lowest BCUT2D eigenvalue weighted by Gasteiger charge is -2.08. The number of H-pyrrole nitrogens is 1. The largest absolute Gasteiger partial charge is 0.338 e. The maximum atomic E-state index is 12.4. The van der Waals surface area contributed by atoms with E-state index in [1.807, 2.05) is 66.7 Å². The first-order valence-corrected chi connectivity index (χ1v) is 9.63. The summed E-state index contributed by atoms with van der Waals surface area (Å²) >= 11 is 0. The van der Waals surface area contributed by atoms with Gasteiger partial charge in [0, 0.05) is 23.6 Å². The van der Waals surface area contributed by atoms with E-state index in [4.69, 9.17) is 0 Å². The number of imidazole rings is 1. The molecule has 0 atom stereocenters. The van der Waals surface area contributed by atoms with Gasteiger partial charge in [-0.1, -0.05) is 42.5 Å². The number of carbonyl (C=O) groups excluding carboxylic acids is 1. The number of hydrogen-bond donors (Lipinski definition) is 2. The van der Waals surface area contributed by atoms with E-state index in [0.717, 1.165) is 39.2 Å². The van der Waals surface area contributed by atoms with Gasteiger partial charge in [0.2, 0.25) is 0 Å². The van der Waals surface area contributed by atoms with Crippen molar-refractivity contribution < 1.29 is 4.79 Å². The van der Waals surface area contributed by atoms with Crippen LogP contribution in [0.5, 0.6) is 0 Å². The number of carbonyl (C=O) groups is 1. The van der Waals surface area contributed by atoms with Crippen molar-refractivity contribution in [1.29, 1.82) is 0 Å². The third-order valence-electron chi connectivity index (χ3n) is 4.90. The second-order valence-corrected chi connectivity index (χ2v) is 6.96. The number of fused-ring (bicyclic) bond motifs is 1. The molecule has 0 aliphatic heterocycles. The number of para-hydroxylation sites is 2. The lowest BCUT2D eigenvalue weighted by molar-refractivity contribution is 0.102. The van der Waals surface area contributed by atoms with Crippen LogP contribution in [0.25, 0.3) is 33.5 Å². The van der Waals surface area contributed by atoms with Crippen molar-refractivity contribution >= 4 is 22.6 Å². The minimum absolute atomic E-state index is 0.184. The standard InChI is InChI=1S/C25H18N4O/c30-25(20-9-5-13-26-16-20)27-21-10-4-7-18(15-21)17-6-3-8-19(14-17)24-28-22-11-1-2-12-23(22)29-24/h1-16H,(H,27,30)(H,28,29). The first-order valence-electron chi connectivity index (χ1n) is 9.63. The van der Waals surface area contributed by atoms with Crippen molar-refractivity contribution in [2.24, 2.45) is 0 Å². The maximum absolute atomic E-state index is 12.4. The molecule has 2 heterocycles. The molecule has 5 heteroatoms. The predicted octanol–water partition coefficient (Wildman–Crippen LogP) is 5.54. The number of nitrogens with zero attached hydrogens (tertiary/aromatic N) is 2. The zero-order chi connectivity index (χ0) is 20.3. The van der Waals surface area contributed by atoms with Crippen LogP contribution >= 0.6 is 0 Å². The van der Waals surface area contributed by atoms with Gasteiger partial charge in [-0.05, 0) is 53.6 Å². The van der Waals surface area contributed by atoms with Crippen molar-refractivity contribution in [3.05, 3.63) is 103 Å². The van der Waals surface area contributed by atoms with Gasteiger partial charge in [-0.2, -0.15) is 0 Å². The molecule has 0 saturated carbocycles. The molecular weight excluding hydrogens is 372 g/mol. The zero-order valence-corrected chi connectivity index (χ0v) is 16.0. The van der Waals surface area contributed by atoms with Gasteiger partial charge < -0.3 is 10.3 Å². The van der Waals surface area contributed by atoms with Crippen molar-refractivity contribution in [3.63, 3.8) is 0 Å². The number of anilines is 1. The molecule has 0 bridgehead atoms. The third kappa shape index (κ3) is 3.56. The number of pyridine rings is 1. The van der Waals surface area contributed by atoms with E-state index in [2.05, 4.69) is 26.3 Å². The second kappa shape index (κ2) is 7.64. The Bertz CT molecular complexity index is 1310. The summed E-state index contributed by atoms with van der Waals surface area (Å²) in [5, 5.41) is 2.93. The van der Waals surface area contributed by atoms with Crippen molar-refractivity contribution in [1.82, 2.24) is 15.0 Å². The smallest absolute Gasteiger partial charge is 0.257 e. The lowest BCUT2D eigenvalue weighted by Crippen LogP contribution is -2.11. The van der Waals surface area contributed by atoms with E-state index in [1.165, 1.54) is 0 Å². The normalized spacial score (nSPS) is 10.8. The molecule has 5 nitrogen and oxygen atoms in total. The fourth-order valence-corrected chi connectivity index (χ4v) is 3.41. The highest BCUT2D eigenvalue weighted by molar-refractivity contribution is 6.04. The number of benzene rings is 3. The van der Waals surface area contributed by atoms with E-state index in [9.17, 15) is 4.79 Å². The molecule has 2 N–H and O–H groups in total. The highest BCUT2D eigenvalue weighted by Gasteiger charge is 2.09. The molecule has 0 unspecified atom stereocenters. The molecule has 2 aromatic heterocycles. The number of aromatic amines is 1. The summed E-state index contributed by atoms with van der Waals surface area (Å²) in [6.45, 7) is 0. The van der Waals surface area contributed by atoms with E-state index >= 15 is 0 Å². The van der Waals surface area contributed by atoms with Crippen molar-refractivity contribution in [3.8, 4) is 22.5 Å². The van der Waals surface area contributed by atoms with E-state index in [-0.39, 0.29) is 5.91 Å². The molecule has 0 saturated heterocycles. The van der Waals surface area contributed by atoms with Gasteiger partial charge in [0.1, 0.15) is 5.82 Å². The highest BCUT2D eigenvalue weighted by Crippen LogP contribution is 2.28. The van der Waals surface area contributed by atoms with Crippen LogP contribution in [-0.4, -0.2) is 20.9 Å². The molecule has 5 aromatic rings. The van der Waals surface area contributed by atoms with E-state index < -0.39 is 0 Å². The van der Waals surface area contributed by atoms with Crippen LogP contribution in [0, 0.1) is 0 Å². The van der Waals surface area contributed by atoms with Crippen LogP contribution < -0.4 is 5.32 Å². The summed E-state index contributed by atoms with van der Waals surface area (Å²) in [5.41, 5.74) is 6.28. The van der Waals surface area contributed by atoms with Crippen LogP contribution in [0.4, 0.5) is 5.69 Å². The molecule has 5 rings (SSSR count). The molecule has 0 aliphatic rings. The van der Waals surface area contributed by atoms with Crippen LogP contribution in [-0.2, 0) is 0 Å². The molecule has 0 aliphatic carbocycles. The Kier molecular flexibility index (Phi) is 4.54. The van der Waals surface area contributed by atoms with Gasteiger partial charge in [-0.3, -0.25) is 9.78 Å². The third-order valence-corrected chi connectivity index (χ3v) is 4.90. The number of hydrogen-bond acceptors (Lipinski definition) is 3. The van der Waals surface area contributed by atoms with Gasteiger partial charge in [-0.15, -0.1) is 0 Å². The number of amides is 1. The Morgan fingerprint density at radius 3 is 2.43 bits per heavy atom. The molecule has 0 spiro atoms. The van der Waals surface area contributed by atoms with E-state index in [1.54, 1.807) is 24.5 Å². The average Bonchev–Trinajstić information content (AvgIpc) is 3.24. The SMILES string of the molecule is O=C(Nc1cccc(-c2cccc(-c3nc4ccccc4[nH]3)c2)c1)c1cccnc1. The molecular formula is C25H18N4O. The Labute approximate surface area is 173 Å². The minimum atomic E-state index is -0.184.